The van der Waals surface area contributed by atoms with Gasteiger partial charge >= 0.3 is 0 Å². The van der Waals surface area contributed by atoms with E-state index in [9.17, 15) is 9.18 Å². The third-order valence-corrected chi connectivity index (χ3v) is 3.27. The van der Waals surface area contributed by atoms with Crippen LogP contribution in [0.1, 0.15) is 21.5 Å². The van der Waals surface area contributed by atoms with Crippen molar-refractivity contribution in [1.82, 2.24) is 0 Å². The molecule has 0 N–H and O–H groups in total. The molecular weight excluding hydrogens is 319 g/mol. The molecule has 0 unspecified atom stereocenters. The number of ketones is 1. The van der Waals surface area contributed by atoms with Gasteiger partial charge in [0.15, 0.2) is 5.78 Å². The molecule has 0 amide bonds. The molecule has 2 aromatic carbocycles. The molecule has 0 bridgehead atoms. The Morgan fingerprint density at radius 1 is 1.22 bits per heavy atom. The molecule has 2 rings (SSSR count). The van der Waals surface area contributed by atoms with Gasteiger partial charge in [0.05, 0.1) is 0 Å². The van der Waals surface area contributed by atoms with Gasteiger partial charge in [-0.05, 0) is 48.9 Å². The first-order valence-electron chi connectivity index (χ1n) is 5.24. The normalized spacial score (nSPS) is 10.4. The monoisotopic (exact) mass is 326 g/mol. The molecule has 0 spiro atoms. The molecule has 0 aromatic heterocycles. The zero-order chi connectivity index (χ0) is 13.3. The third kappa shape index (κ3) is 2.79. The van der Waals surface area contributed by atoms with Crippen molar-refractivity contribution < 1.29 is 9.18 Å². The van der Waals surface area contributed by atoms with Gasteiger partial charge in [-0.1, -0.05) is 27.5 Å². The van der Waals surface area contributed by atoms with E-state index >= 15 is 0 Å². The summed E-state index contributed by atoms with van der Waals surface area (Å²) < 4.78 is 14.1. The van der Waals surface area contributed by atoms with Gasteiger partial charge in [0.1, 0.15) is 5.82 Å². The molecule has 0 saturated heterocycles. The highest BCUT2D eigenvalue weighted by molar-refractivity contribution is 9.10. The predicted octanol–water partition coefficient (Wildman–Crippen LogP) is 4.78. The van der Waals surface area contributed by atoms with E-state index in [2.05, 4.69) is 15.9 Å². The fourth-order valence-corrected chi connectivity index (χ4v) is 2.42. The molecule has 18 heavy (non-hydrogen) atoms. The Hall–Kier alpha value is -1.19. The molecule has 0 aliphatic rings. The number of hydrogen-bond donors (Lipinski definition) is 0. The fraction of sp³-hybridized carbons (Fsp3) is 0.0714. The second-order valence-corrected chi connectivity index (χ2v) is 5.30. The smallest absolute Gasteiger partial charge is 0.193 e. The number of halogens is 3. The maximum absolute atomic E-state index is 13.2. The summed E-state index contributed by atoms with van der Waals surface area (Å²) in [5.74, 6) is -0.748. The lowest BCUT2D eigenvalue weighted by Crippen LogP contribution is -2.04. The number of hydrogen-bond acceptors (Lipinski definition) is 1. The minimum atomic E-state index is -0.513. The standard InChI is InChI=1S/C14H9BrClFO/c1-8-4-10(15)2-3-13(8)14(18)9-5-11(16)7-12(17)6-9/h2-7H,1H3. The molecule has 1 nitrogen and oxygen atoms in total. The van der Waals surface area contributed by atoms with Crippen LogP contribution in [0.15, 0.2) is 40.9 Å². The fourth-order valence-electron chi connectivity index (χ4n) is 1.72. The van der Waals surface area contributed by atoms with Gasteiger partial charge in [0.25, 0.3) is 0 Å². The average Bonchev–Trinajstić information content (AvgIpc) is 2.26. The lowest BCUT2D eigenvalue weighted by molar-refractivity contribution is 0.103. The van der Waals surface area contributed by atoms with E-state index in [4.69, 9.17) is 11.6 Å². The Labute approximate surface area is 118 Å². The molecule has 0 saturated carbocycles. The van der Waals surface area contributed by atoms with Gasteiger partial charge in [-0.25, -0.2) is 4.39 Å². The van der Waals surface area contributed by atoms with Crippen molar-refractivity contribution in [2.75, 3.05) is 0 Å². The zero-order valence-corrected chi connectivity index (χ0v) is 11.8. The van der Waals surface area contributed by atoms with Crippen LogP contribution in [0.4, 0.5) is 4.39 Å². The Bertz CT molecular complexity index is 605. The zero-order valence-electron chi connectivity index (χ0n) is 9.51. The van der Waals surface area contributed by atoms with Gasteiger partial charge in [0.2, 0.25) is 0 Å². The Morgan fingerprint density at radius 3 is 2.56 bits per heavy atom. The van der Waals surface area contributed by atoms with Crippen LogP contribution in [0.25, 0.3) is 0 Å². The topological polar surface area (TPSA) is 17.1 Å². The van der Waals surface area contributed by atoms with Crippen LogP contribution < -0.4 is 0 Å². The maximum atomic E-state index is 13.2. The Kier molecular flexibility index (Phi) is 3.83. The summed E-state index contributed by atoms with van der Waals surface area (Å²) in [6.07, 6.45) is 0. The van der Waals surface area contributed by atoms with Gasteiger partial charge in [-0.3, -0.25) is 4.79 Å². The van der Waals surface area contributed by atoms with Crippen LogP contribution in [0.3, 0.4) is 0 Å². The highest BCUT2D eigenvalue weighted by Gasteiger charge is 2.13. The summed E-state index contributed by atoms with van der Waals surface area (Å²) in [7, 11) is 0. The summed E-state index contributed by atoms with van der Waals surface area (Å²) in [6, 6.07) is 9.16. The number of carbonyl (C=O) groups is 1. The van der Waals surface area contributed by atoms with Gasteiger partial charge in [0, 0.05) is 20.6 Å². The molecule has 0 radical (unpaired) electrons. The summed E-state index contributed by atoms with van der Waals surface area (Å²) in [4.78, 5) is 12.2. The van der Waals surface area contributed by atoms with Crippen molar-refractivity contribution in [3.8, 4) is 0 Å². The van der Waals surface area contributed by atoms with Crippen LogP contribution in [0.5, 0.6) is 0 Å². The van der Waals surface area contributed by atoms with Crippen LogP contribution in [0.2, 0.25) is 5.02 Å². The van der Waals surface area contributed by atoms with Crippen molar-refractivity contribution >= 4 is 33.3 Å². The van der Waals surface area contributed by atoms with E-state index < -0.39 is 5.82 Å². The van der Waals surface area contributed by atoms with E-state index in [1.165, 1.54) is 18.2 Å². The molecule has 0 heterocycles. The molecular formula is C14H9BrClFO. The van der Waals surface area contributed by atoms with Gasteiger partial charge < -0.3 is 0 Å². The predicted molar refractivity (Wildman–Crippen MR) is 73.7 cm³/mol. The molecule has 2 aromatic rings. The Morgan fingerprint density at radius 2 is 1.94 bits per heavy atom. The van der Waals surface area contributed by atoms with Crippen LogP contribution in [-0.4, -0.2) is 5.78 Å². The molecule has 0 fully saturated rings. The minimum absolute atomic E-state index is 0.216. The maximum Gasteiger partial charge on any atom is 0.193 e. The Balaban J connectivity index is 2.47. The van der Waals surface area contributed by atoms with Crippen LogP contribution in [-0.2, 0) is 0 Å². The van der Waals surface area contributed by atoms with Crippen molar-refractivity contribution in [3.05, 3.63) is 68.4 Å². The van der Waals surface area contributed by atoms with E-state index in [1.807, 2.05) is 13.0 Å². The second-order valence-electron chi connectivity index (χ2n) is 3.95. The molecule has 0 aliphatic heterocycles. The van der Waals surface area contributed by atoms with Crippen molar-refractivity contribution in [2.45, 2.75) is 6.92 Å². The van der Waals surface area contributed by atoms with Crippen LogP contribution >= 0.6 is 27.5 Å². The van der Waals surface area contributed by atoms with E-state index in [0.717, 1.165) is 10.0 Å². The lowest BCUT2D eigenvalue weighted by Gasteiger charge is -2.06. The summed E-state index contributed by atoms with van der Waals surface area (Å²) in [5, 5.41) is 0.216. The van der Waals surface area contributed by atoms with Crippen molar-refractivity contribution in [3.63, 3.8) is 0 Å². The molecule has 4 heteroatoms. The first-order chi connectivity index (χ1) is 8.47. The number of benzene rings is 2. The SMILES string of the molecule is Cc1cc(Br)ccc1C(=O)c1cc(F)cc(Cl)c1. The number of rotatable bonds is 2. The summed E-state index contributed by atoms with van der Waals surface area (Å²) in [5.41, 5.74) is 1.63. The second kappa shape index (κ2) is 5.21. The third-order valence-electron chi connectivity index (χ3n) is 2.56. The number of aryl methyl sites for hydroxylation is 1. The summed E-state index contributed by atoms with van der Waals surface area (Å²) >= 11 is 9.08. The van der Waals surface area contributed by atoms with Crippen LogP contribution in [0, 0.1) is 12.7 Å². The van der Waals surface area contributed by atoms with Gasteiger partial charge in [-0.15, -0.1) is 0 Å². The number of carbonyl (C=O) groups excluding carboxylic acids is 1. The first kappa shape index (κ1) is 13.2. The van der Waals surface area contributed by atoms with Gasteiger partial charge in [-0.2, -0.15) is 0 Å². The average molecular weight is 328 g/mol. The quantitative estimate of drug-likeness (QED) is 0.725. The van der Waals surface area contributed by atoms with E-state index in [0.29, 0.717) is 5.56 Å². The van der Waals surface area contributed by atoms with Crippen molar-refractivity contribution in [2.24, 2.45) is 0 Å². The molecule has 92 valence electrons. The lowest BCUT2D eigenvalue weighted by atomic mass is 9.99. The largest absolute Gasteiger partial charge is 0.289 e. The highest BCUT2D eigenvalue weighted by atomic mass is 79.9. The first-order valence-corrected chi connectivity index (χ1v) is 6.41. The van der Waals surface area contributed by atoms with E-state index in [1.54, 1.807) is 12.1 Å². The van der Waals surface area contributed by atoms with E-state index in [-0.39, 0.29) is 16.4 Å². The minimum Gasteiger partial charge on any atom is -0.289 e. The highest BCUT2D eigenvalue weighted by Crippen LogP contribution is 2.21. The summed E-state index contributed by atoms with van der Waals surface area (Å²) in [6.45, 7) is 1.83. The molecule has 0 aliphatic carbocycles. The van der Waals surface area contributed by atoms with Crippen molar-refractivity contribution in [1.29, 1.82) is 0 Å². The molecule has 0 atom stereocenters.